The maximum Gasteiger partial charge on any atom is 0.345 e. The number of halogens is 2. The highest BCUT2D eigenvalue weighted by Crippen LogP contribution is 2.37. The Bertz CT molecular complexity index is 448. The average Bonchev–Trinajstić information content (AvgIpc) is 3.25. The molecule has 22 heavy (non-hydrogen) atoms. The summed E-state index contributed by atoms with van der Waals surface area (Å²) in [5.74, 6) is 2.50. The van der Waals surface area contributed by atoms with Crippen LogP contribution in [0.4, 0.5) is 8.78 Å². The molecule has 0 aromatic rings. The smallest absolute Gasteiger partial charge is 0.345 e. The van der Waals surface area contributed by atoms with Crippen LogP contribution in [0.3, 0.4) is 0 Å². The molecule has 0 unspecified atom stereocenters. The van der Waals surface area contributed by atoms with Gasteiger partial charge in [0.05, 0.1) is 6.10 Å². The Hall–Kier alpha value is -1.55. The first-order valence-corrected chi connectivity index (χ1v) is 7.63. The Balaban J connectivity index is 1.61. The van der Waals surface area contributed by atoms with Crippen molar-refractivity contribution in [3.8, 4) is 12.3 Å². The number of rotatable bonds is 8. The predicted molar refractivity (Wildman–Crippen MR) is 76.2 cm³/mol. The van der Waals surface area contributed by atoms with E-state index in [0.29, 0.717) is 51.4 Å². The molecule has 7 heteroatoms. The Labute approximate surface area is 128 Å². The zero-order valence-electron chi connectivity index (χ0n) is 12.4. The van der Waals surface area contributed by atoms with Crippen LogP contribution in [0.25, 0.3) is 0 Å². The number of nitrogens with zero attached hydrogens (tertiary/aromatic N) is 2. The van der Waals surface area contributed by atoms with E-state index in [1.165, 1.54) is 0 Å². The molecule has 0 atom stereocenters. The molecule has 0 bridgehead atoms. The fourth-order valence-corrected chi connectivity index (χ4v) is 2.77. The molecule has 5 nitrogen and oxygen atoms in total. The average molecular weight is 313 g/mol. The van der Waals surface area contributed by atoms with Gasteiger partial charge in [-0.05, 0) is 25.7 Å². The van der Waals surface area contributed by atoms with Gasteiger partial charge < -0.3 is 10.1 Å². The maximum atomic E-state index is 12.1. The summed E-state index contributed by atoms with van der Waals surface area (Å²) in [5.41, 5.74) is -0.438. The summed E-state index contributed by atoms with van der Waals surface area (Å²) in [7, 11) is 0. The van der Waals surface area contributed by atoms with E-state index in [4.69, 9.17) is 6.42 Å². The van der Waals surface area contributed by atoms with E-state index in [1.54, 1.807) is 0 Å². The lowest BCUT2D eigenvalue weighted by Gasteiger charge is -2.28. The molecule has 0 saturated heterocycles. The number of hydrogen-bond acceptors (Lipinski definition) is 4. The fourth-order valence-electron chi connectivity index (χ4n) is 2.77. The third-order valence-corrected chi connectivity index (χ3v) is 4.14. The number of amides is 1. The number of hydrogen-bond donors (Lipinski definition) is 1. The summed E-state index contributed by atoms with van der Waals surface area (Å²) in [5, 5.41) is 10.9. The molecule has 1 aliphatic carbocycles. The van der Waals surface area contributed by atoms with E-state index in [-0.39, 0.29) is 11.9 Å². The first kappa shape index (κ1) is 16.8. The topological polar surface area (TPSA) is 63.0 Å². The number of carbonyl (C=O) groups is 1. The molecule has 1 N–H and O–H groups in total. The summed E-state index contributed by atoms with van der Waals surface area (Å²) in [6.07, 6.45) is 9.46. The van der Waals surface area contributed by atoms with Crippen molar-refractivity contribution in [2.24, 2.45) is 10.2 Å². The number of terminal acetylenes is 1. The Morgan fingerprint density at radius 1 is 1.32 bits per heavy atom. The Morgan fingerprint density at radius 3 is 2.55 bits per heavy atom. The fraction of sp³-hybridized carbons (Fsp3) is 0.800. The summed E-state index contributed by atoms with van der Waals surface area (Å²) in [4.78, 5) is 11.9. The highest BCUT2D eigenvalue weighted by Gasteiger charge is 2.39. The first-order chi connectivity index (χ1) is 10.5. The number of carbonyl (C=O) groups excluding carboxylic acids is 1. The number of nitrogens with one attached hydrogen (secondary N) is 1. The maximum absolute atomic E-state index is 12.1. The second-order valence-electron chi connectivity index (χ2n) is 5.82. The second-order valence-corrected chi connectivity index (χ2v) is 5.82. The second kappa shape index (κ2) is 7.63. The molecule has 122 valence electrons. The molecule has 1 heterocycles. The molecule has 1 amide bonds. The largest absolute Gasteiger partial charge is 0.353 e. The zero-order valence-corrected chi connectivity index (χ0v) is 12.4. The monoisotopic (exact) mass is 313 g/mol. The number of alkyl halides is 2. The molecule has 1 aliphatic heterocycles. The van der Waals surface area contributed by atoms with Gasteiger partial charge in [0.25, 0.3) is 0 Å². The first-order valence-electron chi connectivity index (χ1n) is 7.63. The van der Waals surface area contributed by atoms with Crippen molar-refractivity contribution in [3.63, 3.8) is 0 Å². The normalized spacial score (nSPS) is 25.7. The van der Waals surface area contributed by atoms with Crippen LogP contribution in [0.1, 0.15) is 51.4 Å². The van der Waals surface area contributed by atoms with Gasteiger partial charge in [0.1, 0.15) is 0 Å². The lowest BCUT2D eigenvalue weighted by atomic mass is 9.92. The van der Waals surface area contributed by atoms with Gasteiger partial charge in [-0.15, -0.1) is 12.3 Å². The van der Waals surface area contributed by atoms with Gasteiger partial charge >= 0.3 is 6.61 Å². The molecule has 0 aromatic carbocycles. The van der Waals surface area contributed by atoms with E-state index >= 15 is 0 Å². The van der Waals surface area contributed by atoms with E-state index in [9.17, 15) is 13.6 Å². The van der Waals surface area contributed by atoms with Gasteiger partial charge in [-0.1, -0.05) is 0 Å². The van der Waals surface area contributed by atoms with Gasteiger partial charge in [-0.25, -0.2) is 0 Å². The van der Waals surface area contributed by atoms with Crippen LogP contribution in [0.15, 0.2) is 10.2 Å². The van der Waals surface area contributed by atoms with E-state index < -0.39 is 18.4 Å². The van der Waals surface area contributed by atoms with Gasteiger partial charge in [0, 0.05) is 31.7 Å². The molecule has 1 saturated carbocycles. The summed E-state index contributed by atoms with van der Waals surface area (Å²) >= 11 is 0. The van der Waals surface area contributed by atoms with Crippen LogP contribution in [0.5, 0.6) is 0 Å². The molecule has 1 fully saturated rings. The lowest BCUT2D eigenvalue weighted by Crippen LogP contribution is -2.39. The SMILES string of the molecule is C#CCCC1(CCC(=O)NC2CCC(OC(F)F)CC2)N=N1. The quantitative estimate of drug-likeness (QED) is 0.700. The molecule has 0 spiro atoms. The van der Waals surface area contributed by atoms with Crippen molar-refractivity contribution in [2.45, 2.75) is 75.8 Å². The summed E-state index contributed by atoms with van der Waals surface area (Å²) in [6, 6.07) is 0.0414. The van der Waals surface area contributed by atoms with Crippen LogP contribution in [0.2, 0.25) is 0 Å². The van der Waals surface area contributed by atoms with Gasteiger partial charge in [-0.3, -0.25) is 4.79 Å². The van der Waals surface area contributed by atoms with Gasteiger partial charge in [-0.2, -0.15) is 19.0 Å². The van der Waals surface area contributed by atoms with E-state index in [0.717, 1.165) is 0 Å². The van der Waals surface area contributed by atoms with Crippen LogP contribution in [0, 0.1) is 12.3 Å². The molecule has 2 rings (SSSR count). The van der Waals surface area contributed by atoms with E-state index in [1.807, 2.05) is 0 Å². The summed E-state index contributed by atoms with van der Waals surface area (Å²) in [6.45, 7) is -2.72. The van der Waals surface area contributed by atoms with Crippen molar-refractivity contribution in [2.75, 3.05) is 0 Å². The van der Waals surface area contributed by atoms with Crippen molar-refractivity contribution in [3.05, 3.63) is 0 Å². The van der Waals surface area contributed by atoms with Crippen molar-refractivity contribution < 1.29 is 18.3 Å². The third-order valence-electron chi connectivity index (χ3n) is 4.14. The van der Waals surface area contributed by atoms with Crippen molar-refractivity contribution in [1.82, 2.24) is 5.32 Å². The van der Waals surface area contributed by atoms with Crippen LogP contribution < -0.4 is 5.32 Å². The number of ether oxygens (including phenoxy) is 1. The third kappa shape index (κ3) is 5.34. The minimum Gasteiger partial charge on any atom is -0.353 e. The predicted octanol–water partition coefficient (Wildman–Crippen LogP) is 3.01. The molecule has 2 aliphatic rings. The van der Waals surface area contributed by atoms with Crippen molar-refractivity contribution in [1.29, 1.82) is 0 Å². The standard InChI is InChI=1S/C15H21F2N3O2/c1-2-3-9-15(19-20-15)10-8-13(21)18-11-4-6-12(7-5-11)22-14(16)17/h1,11-12,14H,3-10H2,(H,18,21). The van der Waals surface area contributed by atoms with Gasteiger partial charge in [0.2, 0.25) is 5.91 Å². The minimum absolute atomic E-state index is 0.0414. The van der Waals surface area contributed by atoms with Gasteiger partial charge in [0.15, 0.2) is 5.66 Å². The lowest BCUT2D eigenvalue weighted by molar-refractivity contribution is -0.170. The van der Waals surface area contributed by atoms with Crippen LogP contribution in [-0.4, -0.2) is 30.3 Å². The Morgan fingerprint density at radius 2 is 2.00 bits per heavy atom. The zero-order chi connectivity index (χ0) is 16.0. The van der Waals surface area contributed by atoms with E-state index in [2.05, 4.69) is 26.2 Å². The highest BCUT2D eigenvalue weighted by molar-refractivity contribution is 5.76. The van der Waals surface area contributed by atoms with Crippen molar-refractivity contribution >= 4 is 5.91 Å². The Kier molecular flexibility index (Phi) is 5.83. The van der Waals surface area contributed by atoms with Crippen LogP contribution >= 0.6 is 0 Å². The molecular formula is C15H21F2N3O2. The minimum atomic E-state index is -2.72. The highest BCUT2D eigenvalue weighted by atomic mass is 19.3. The van der Waals surface area contributed by atoms with Crippen LogP contribution in [-0.2, 0) is 9.53 Å². The summed E-state index contributed by atoms with van der Waals surface area (Å²) < 4.78 is 28.7. The molecule has 0 radical (unpaired) electrons. The molecule has 0 aromatic heterocycles. The molecular weight excluding hydrogens is 292 g/mol.